The van der Waals surface area contributed by atoms with Gasteiger partial charge in [-0.3, -0.25) is 4.98 Å². The summed E-state index contributed by atoms with van der Waals surface area (Å²) >= 11 is 0. The number of anilines is 1. The van der Waals surface area contributed by atoms with E-state index in [-0.39, 0.29) is 0 Å². The molecule has 3 heterocycles. The van der Waals surface area contributed by atoms with Gasteiger partial charge in [0.25, 0.3) is 0 Å². The van der Waals surface area contributed by atoms with Crippen molar-refractivity contribution in [1.82, 2.24) is 24.6 Å². The molecule has 0 atom stereocenters. The zero-order valence-corrected chi connectivity index (χ0v) is 18.8. The highest BCUT2D eigenvalue weighted by atomic mass is 16.3. The topological polar surface area (TPSA) is 88.2 Å². The summed E-state index contributed by atoms with van der Waals surface area (Å²) in [6.07, 6.45) is 11.2. The molecule has 1 saturated carbocycles. The summed E-state index contributed by atoms with van der Waals surface area (Å²) in [4.78, 5) is 14.7. The van der Waals surface area contributed by atoms with Gasteiger partial charge >= 0.3 is 0 Å². The molecule has 2 N–H and O–H groups in total. The number of nitrogens with zero attached hydrogens (tertiary/aromatic N) is 5. The third kappa shape index (κ3) is 4.15. The Hall–Kier alpha value is -2.54. The molecule has 31 heavy (non-hydrogen) atoms. The SMILES string of the molecule is Cc1nc2c(nc1-c1cn3nc(C4CCCC4)cc(NCC(C)(C)O)c3n1)CCCC2. The highest BCUT2D eigenvalue weighted by Gasteiger charge is 2.23. The fourth-order valence-corrected chi connectivity index (χ4v) is 4.80. The van der Waals surface area contributed by atoms with Crippen LogP contribution in [-0.2, 0) is 12.8 Å². The monoisotopic (exact) mass is 420 g/mol. The minimum Gasteiger partial charge on any atom is -0.389 e. The molecule has 0 unspecified atom stereocenters. The Morgan fingerprint density at radius 3 is 2.48 bits per heavy atom. The maximum Gasteiger partial charge on any atom is 0.177 e. The van der Waals surface area contributed by atoms with Crippen molar-refractivity contribution in [2.75, 3.05) is 11.9 Å². The van der Waals surface area contributed by atoms with E-state index in [0.717, 1.165) is 58.3 Å². The Morgan fingerprint density at radius 2 is 1.77 bits per heavy atom. The van der Waals surface area contributed by atoms with Crippen LogP contribution in [0, 0.1) is 6.92 Å². The number of hydrogen-bond donors (Lipinski definition) is 2. The fourth-order valence-electron chi connectivity index (χ4n) is 4.80. The lowest BCUT2D eigenvalue weighted by Crippen LogP contribution is -2.29. The third-order valence-corrected chi connectivity index (χ3v) is 6.47. The second-order valence-electron chi connectivity index (χ2n) is 9.78. The Kier molecular flexibility index (Phi) is 5.16. The summed E-state index contributed by atoms with van der Waals surface area (Å²) in [6.45, 7) is 6.07. The number of fused-ring (bicyclic) bond motifs is 2. The summed E-state index contributed by atoms with van der Waals surface area (Å²) in [6, 6.07) is 2.12. The molecule has 0 spiro atoms. The second kappa shape index (κ2) is 7.86. The molecule has 7 heteroatoms. The van der Waals surface area contributed by atoms with E-state index in [4.69, 9.17) is 20.1 Å². The predicted molar refractivity (Wildman–Crippen MR) is 121 cm³/mol. The highest BCUT2D eigenvalue weighted by molar-refractivity contribution is 5.72. The second-order valence-corrected chi connectivity index (χ2v) is 9.78. The molecular weight excluding hydrogens is 388 g/mol. The Labute approximate surface area is 183 Å². The van der Waals surface area contributed by atoms with Crippen molar-refractivity contribution >= 4 is 11.3 Å². The first-order valence-corrected chi connectivity index (χ1v) is 11.6. The highest BCUT2D eigenvalue weighted by Crippen LogP contribution is 2.35. The minimum atomic E-state index is -0.816. The van der Waals surface area contributed by atoms with E-state index >= 15 is 0 Å². The molecule has 3 aromatic heterocycles. The number of hydrogen-bond acceptors (Lipinski definition) is 6. The molecule has 2 aliphatic carbocycles. The van der Waals surface area contributed by atoms with Gasteiger partial charge in [-0.15, -0.1) is 0 Å². The van der Waals surface area contributed by atoms with E-state index in [1.54, 1.807) is 13.8 Å². The van der Waals surface area contributed by atoms with Gasteiger partial charge in [0.15, 0.2) is 5.65 Å². The first kappa shape index (κ1) is 20.4. The summed E-state index contributed by atoms with van der Waals surface area (Å²) in [5.41, 5.74) is 6.79. The van der Waals surface area contributed by atoms with Gasteiger partial charge in [0.1, 0.15) is 11.4 Å². The molecule has 0 saturated heterocycles. The van der Waals surface area contributed by atoms with Gasteiger partial charge < -0.3 is 10.4 Å². The van der Waals surface area contributed by atoms with Crippen molar-refractivity contribution in [2.24, 2.45) is 0 Å². The lowest BCUT2D eigenvalue weighted by molar-refractivity contribution is 0.0945. The van der Waals surface area contributed by atoms with Crippen LogP contribution in [0.2, 0.25) is 0 Å². The quantitative estimate of drug-likeness (QED) is 0.643. The van der Waals surface area contributed by atoms with Crippen LogP contribution in [-0.4, -0.2) is 41.8 Å². The number of imidazole rings is 1. The van der Waals surface area contributed by atoms with Crippen molar-refractivity contribution in [3.8, 4) is 11.4 Å². The number of aryl methyl sites for hydroxylation is 3. The maximum atomic E-state index is 10.2. The van der Waals surface area contributed by atoms with Gasteiger partial charge in [-0.2, -0.15) is 5.10 Å². The lowest BCUT2D eigenvalue weighted by atomic mass is 10.00. The Balaban J connectivity index is 1.59. The van der Waals surface area contributed by atoms with Crippen LogP contribution in [0.15, 0.2) is 12.3 Å². The van der Waals surface area contributed by atoms with Gasteiger partial charge in [-0.1, -0.05) is 12.8 Å². The summed E-state index contributed by atoms with van der Waals surface area (Å²) in [5.74, 6) is 0.489. The Morgan fingerprint density at radius 1 is 1.06 bits per heavy atom. The summed E-state index contributed by atoms with van der Waals surface area (Å²) in [7, 11) is 0. The van der Waals surface area contributed by atoms with Gasteiger partial charge in [0, 0.05) is 12.5 Å². The molecule has 0 bridgehead atoms. The normalized spacial score (nSPS) is 17.3. The zero-order chi connectivity index (χ0) is 21.6. The van der Waals surface area contributed by atoms with Crippen molar-refractivity contribution in [2.45, 2.75) is 83.7 Å². The minimum absolute atomic E-state index is 0.441. The molecule has 5 rings (SSSR count). The van der Waals surface area contributed by atoms with E-state index in [9.17, 15) is 5.11 Å². The molecule has 1 fully saturated rings. The zero-order valence-electron chi connectivity index (χ0n) is 18.8. The number of aliphatic hydroxyl groups is 1. The van der Waals surface area contributed by atoms with Gasteiger partial charge in [0.2, 0.25) is 0 Å². The van der Waals surface area contributed by atoms with Crippen LogP contribution in [0.4, 0.5) is 5.69 Å². The van der Waals surface area contributed by atoms with E-state index in [2.05, 4.69) is 11.4 Å². The molecule has 0 aliphatic heterocycles. The van der Waals surface area contributed by atoms with E-state index < -0.39 is 5.60 Å². The average Bonchev–Trinajstić information content (AvgIpc) is 3.40. The first-order chi connectivity index (χ1) is 14.9. The number of rotatable bonds is 5. The average molecular weight is 421 g/mol. The van der Waals surface area contributed by atoms with Crippen LogP contribution in [0.3, 0.4) is 0 Å². The number of nitrogens with one attached hydrogen (secondary N) is 1. The largest absolute Gasteiger partial charge is 0.389 e. The molecule has 7 nitrogen and oxygen atoms in total. The van der Waals surface area contributed by atoms with Crippen molar-refractivity contribution in [3.63, 3.8) is 0 Å². The van der Waals surface area contributed by atoms with Crippen LogP contribution in [0.5, 0.6) is 0 Å². The molecule has 2 aliphatic rings. The van der Waals surface area contributed by atoms with Gasteiger partial charge in [0.05, 0.1) is 40.3 Å². The lowest BCUT2D eigenvalue weighted by Gasteiger charge is -2.19. The predicted octanol–water partition coefficient (Wildman–Crippen LogP) is 4.21. The van der Waals surface area contributed by atoms with E-state index in [1.807, 2.05) is 17.6 Å². The molecule has 3 aromatic rings. The molecule has 0 aromatic carbocycles. The molecule has 164 valence electrons. The first-order valence-electron chi connectivity index (χ1n) is 11.6. The third-order valence-electron chi connectivity index (χ3n) is 6.47. The smallest absolute Gasteiger partial charge is 0.177 e. The van der Waals surface area contributed by atoms with Crippen molar-refractivity contribution < 1.29 is 5.11 Å². The number of aromatic nitrogens is 5. The van der Waals surface area contributed by atoms with Crippen LogP contribution < -0.4 is 5.32 Å². The fraction of sp³-hybridized carbons (Fsp3) is 0.583. The van der Waals surface area contributed by atoms with Crippen LogP contribution in [0.1, 0.15) is 81.1 Å². The molecule has 0 radical (unpaired) electrons. The van der Waals surface area contributed by atoms with Gasteiger partial charge in [-0.25, -0.2) is 14.5 Å². The Bertz CT molecular complexity index is 1110. The van der Waals surface area contributed by atoms with Crippen LogP contribution in [0.25, 0.3) is 17.0 Å². The van der Waals surface area contributed by atoms with E-state index in [1.165, 1.54) is 38.5 Å². The summed E-state index contributed by atoms with van der Waals surface area (Å²) < 4.78 is 1.89. The maximum absolute atomic E-state index is 10.2. The standard InChI is InChI=1S/C24H32N6O/c1-15-22(27-18-11-7-6-10-17(18)26-15)21-13-30-23(28-21)20(25-14-24(2,3)31)12-19(29-30)16-8-4-5-9-16/h12-13,16,25,31H,4-11,14H2,1-3H3. The van der Waals surface area contributed by atoms with Crippen molar-refractivity contribution in [3.05, 3.63) is 35.0 Å². The van der Waals surface area contributed by atoms with Crippen molar-refractivity contribution in [1.29, 1.82) is 0 Å². The molecular formula is C24H32N6O. The van der Waals surface area contributed by atoms with Crippen LogP contribution >= 0.6 is 0 Å². The molecule has 0 amide bonds. The van der Waals surface area contributed by atoms with Gasteiger partial charge in [-0.05, 0) is 65.4 Å². The van der Waals surface area contributed by atoms with E-state index in [0.29, 0.717) is 12.5 Å². The summed E-state index contributed by atoms with van der Waals surface area (Å²) in [5, 5.41) is 18.6.